The third kappa shape index (κ3) is 8.55. The van der Waals surface area contributed by atoms with Crippen LogP contribution in [0.1, 0.15) is 32.6 Å². The quantitative estimate of drug-likeness (QED) is 0.593. The first-order chi connectivity index (χ1) is 8.43. The molecule has 1 rings (SSSR count). The Labute approximate surface area is 105 Å². The van der Waals surface area contributed by atoms with Gasteiger partial charge in [-0.2, -0.15) is 0 Å². The zero-order valence-electron chi connectivity index (χ0n) is 11.1. The Hall–Kier alpha value is -0.160. The molecule has 1 aliphatic rings. The fourth-order valence-corrected chi connectivity index (χ4v) is 1.81. The Balaban J connectivity index is 1.75. The maximum atomic E-state index is 5.49. The molecule has 0 unspecified atom stereocenters. The van der Waals surface area contributed by atoms with Crippen LogP contribution in [0.15, 0.2) is 0 Å². The van der Waals surface area contributed by atoms with Crippen molar-refractivity contribution < 1.29 is 14.2 Å². The maximum absolute atomic E-state index is 5.49. The van der Waals surface area contributed by atoms with Crippen LogP contribution in [-0.2, 0) is 14.2 Å². The molecule has 102 valence electrons. The molecular formula is C13H27NO3. The molecule has 1 fully saturated rings. The monoisotopic (exact) mass is 245 g/mol. The molecule has 0 aromatic heterocycles. The molecule has 0 aliphatic carbocycles. The van der Waals surface area contributed by atoms with E-state index < -0.39 is 0 Å². The number of ether oxygens (including phenoxy) is 3. The van der Waals surface area contributed by atoms with Crippen LogP contribution in [0, 0.1) is 0 Å². The minimum absolute atomic E-state index is 0.619. The Morgan fingerprint density at radius 3 is 2.47 bits per heavy atom. The number of unbranched alkanes of at least 4 members (excludes halogenated alkanes) is 1. The molecule has 0 bridgehead atoms. The molecule has 0 aromatic carbocycles. The van der Waals surface area contributed by atoms with E-state index in [0.717, 1.165) is 58.8 Å². The normalized spacial score (nSPS) is 17.5. The average molecular weight is 245 g/mol. The molecule has 0 atom stereocenters. The molecule has 0 saturated carbocycles. The molecule has 0 spiro atoms. The van der Waals surface area contributed by atoms with Gasteiger partial charge in [-0.25, -0.2) is 0 Å². The van der Waals surface area contributed by atoms with Crippen molar-refractivity contribution >= 4 is 0 Å². The lowest BCUT2D eigenvalue weighted by Crippen LogP contribution is -2.36. The number of hydrogen-bond acceptors (Lipinski definition) is 4. The summed E-state index contributed by atoms with van der Waals surface area (Å²) in [7, 11) is 0. The minimum Gasteiger partial charge on any atom is -0.381 e. The second kappa shape index (κ2) is 11.0. The summed E-state index contributed by atoms with van der Waals surface area (Å²) in [5.41, 5.74) is 0. The van der Waals surface area contributed by atoms with E-state index in [2.05, 4.69) is 12.2 Å². The van der Waals surface area contributed by atoms with E-state index in [1.54, 1.807) is 0 Å². The first kappa shape index (κ1) is 14.9. The van der Waals surface area contributed by atoms with Crippen molar-refractivity contribution in [3.05, 3.63) is 0 Å². The Morgan fingerprint density at radius 2 is 1.76 bits per heavy atom. The third-order valence-electron chi connectivity index (χ3n) is 2.91. The van der Waals surface area contributed by atoms with Crippen molar-refractivity contribution in [1.29, 1.82) is 0 Å². The van der Waals surface area contributed by atoms with Crippen LogP contribution in [0.4, 0.5) is 0 Å². The highest BCUT2D eigenvalue weighted by molar-refractivity contribution is 4.69. The number of hydrogen-bond donors (Lipinski definition) is 1. The predicted molar refractivity (Wildman–Crippen MR) is 68.4 cm³/mol. The second-order valence-corrected chi connectivity index (χ2v) is 4.42. The molecule has 1 aliphatic heterocycles. The van der Waals surface area contributed by atoms with Gasteiger partial charge in [0.2, 0.25) is 0 Å². The van der Waals surface area contributed by atoms with Gasteiger partial charge in [0, 0.05) is 32.4 Å². The van der Waals surface area contributed by atoms with Crippen LogP contribution in [0.25, 0.3) is 0 Å². The molecule has 1 saturated heterocycles. The summed E-state index contributed by atoms with van der Waals surface area (Å²) >= 11 is 0. The smallest absolute Gasteiger partial charge is 0.0701 e. The summed E-state index contributed by atoms with van der Waals surface area (Å²) in [6, 6.07) is 0.619. The molecule has 4 nitrogen and oxygen atoms in total. The SMILES string of the molecule is CCCCOCCOCCNC1CCOCC1. The van der Waals surface area contributed by atoms with Gasteiger partial charge in [-0.15, -0.1) is 0 Å². The van der Waals surface area contributed by atoms with Crippen molar-refractivity contribution in [3.63, 3.8) is 0 Å². The summed E-state index contributed by atoms with van der Waals surface area (Å²) in [6.45, 7) is 7.94. The van der Waals surface area contributed by atoms with E-state index in [0.29, 0.717) is 12.6 Å². The lowest BCUT2D eigenvalue weighted by atomic mass is 10.1. The van der Waals surface area contributed by atoms with Gasteiger partial charge in [0.25, 0.3) is 0 Å². The molecular weight excluding hydrogens is 218 g/mol. The van der Waals surface area contributed by atoms with Gasteiger partial charge in [0.05, 0.1) is 19.8 Å². The van der Waals surface area contributed by atoms with Crippen LogP contribution < -0.4 is 5.32 Å². The Morgan fingerprint density at radius 1 is 1.06 bits per heavy atom. The highest BCUT2D eigenvalue weighted by Crippen LogP contribution is 2.05. The standard InChI is InChI=1S/C13H27NO3/c1-2-3-7-15-11-12-17-10-6-14-13-4-8-16-9-5-13/h13-14H,2-12H2,1H3. The van der Waals surface area contributed by atoms with Crippen molar-refractivity contribution in [1.82, 2.24) is 5.32 Å². The Kier molecular flexibility index (Phi) is 9.61. The van der Waals surface area contributed by atoms with Crippen molar-refractivity contribution in [3.8, 4) is 0 Å². The third-order valence-corrected chi connectivity index (χ3v) is 2.91. The van der Waals surface area contributed by atoms with Crippen molar-refractivity contribution in [2.45, 2.75) is 38.6 Å². The van der Waals surface area contributed by atoms with Gasteiger partial charge in [0.15, 0.2) is 0 Å². The zero-order chi connectivity index (χ0) is 12.2. The molecule has 17 heavy (non-hydrogen) atoms. The molecule has 0 aromatic rings. The van der Waals surface area contributed by atoms with Gasteiger partial charge < -0.3 is 19.5 Å². The zero-order valence-corrected chi connectivity index (χ0v) is 11.1. The lowest BCUT2D eigenvalue weighted by Gasteiger charge is -2.23. The van der Waals surface area contributed by atoms with E-state index in [1.165, 1.54) is 6.42 Å². The van der Waals surface area contributed by atoms with E-state index in [9.17, 15) is 0 Å². The Bertz CT molecular complexity index is 161. The van der Waals surface area contributed by atoms with Gasteiger partial charge in [-0.05, 0) is 19.3 Å². The molecule has 1 N–H and O–H groups in total. The van der Waals surface area contributed by atoms with Crippen LogP contribution in [0.2, 0.25) is 0 Å². The summed E-state index contributed by atoms with van der Waals surface area (Å²) in [5.74, 6) is 0. The first-order valence-electron chi connectivity index (χ1n) is 6.90. The van der Waals surface area contributed by atoms with Crippen LogP contribution in [0.5, 0.6) is 0 Å². The second-order valence-electron chi connectivity index (χ2n) is 4.42. The topological polar surface area (TPSA) is 39.7 Å². The molecule has 0 amide bonds. The highest BCUT2D eigenvalue weighted by Gasteiger charge is 2.11. The summed E-state index contributed by atoms with van der Waals surface area (Å²) < 4.78 is 16.2. The first-order valence-corrected chi connectivity index (χ1v) is 6.90. The summed E-state index contributed by atoms with van der Waals surface area (Å²) in [4.78, 5) is 0. The lowest BCUT2D eigenvalue weighted by molar-refractivity contribution is 0.0433. The van der Waals surface area contributed by atoms with E-state index >= 15 is 0 Å². The molecule has 0 radical (unpaired) electrons. The maximum Gasteiger partial charge on any atom is 0.0701 e. The fourth-order valence-electron chi connectivity index (χ4n) is 1.81. The van der Waals surface area contributed by atoms with Crippen LogP contribution >= 0.6 is 0 Å². The average Bonchev–Trinajstić information content (AvgIpc) is 2.38. The van der Waals surface area contributed by atoms with E-state index in [1.807, 2.05) is 0 Å². The number of nitrogens with one attached hydrogen (secondary N) is 1. The summed E-state index contributed by atoms with van der Waals surface area (Å²) in [6.07, 6.45) is 4.58. The predicted octanol–water partition coefficient (Wildman–Crippen LogP) is 1.59. The molecule has 4 heteroatoms. The van der Waals surface area contributed by atoms with Gasteiger partial charge in [-0.3, -0.25) is 0 Å². The van der Waals surface area contributed by atoms with Crippen molar-refractivity contribution in [2.24, 2.45) is 0 Å². The molecule has 1 heterocycles. The van der Waals surface area contributed by atoms with E-state index in [-0.39, 0.29) is 0 Å². The summed E-state index contributed by atoms with van der Waals surface area (Å²) in [5, 5.41) is 3.49. The minimum atomic E-state index is 0.619. The van der Waals surface area contributed by atoms with E-state index in [4.69, 9.17) is 14.2 Å². The van der Waals surface area contributed by atoms with Crippen LogP contribution in [0.3, 0.4) is 0 Å². The van der Waals surface area contributed by atoms with Gasteiger partial charge >= 0.3 is 0 Å². The number of rotatable bonds is 10. The van der Waals surface area contributed by atoms with Crippen LogP contribution in [-0.4, -0.2) is 52.2 Å². The van der Waals surface area contributed by atoms with Gasteiger partial charge in [-0.1, -0.05) is 13.3 Å². The largest absolute Gasteiger partial charge is 0.381 e. The fraction of sp³-hybridized carbons (Fsp3) is 1.00. The van der Waals surface area contributed by atoms with Crippen molar-refractivity contribution in [2.75, 3.05) is 46.2 Å². The van der Waals surface area contributed by atoms with Gasteiger partial charge in [0.1, 0.15) is 0 Å². The highest BCUT2D eigenvalue weighted by atomic mass is 16.5.